The van der Waals surface area contributed by atoms with Gasteiger partial charge in [0.2, 0.25) is 0 Å². The Bertz CT molecular complexity index is 850. The number of piperazine rings is 1. The zero-order chi connectivity index (χ0) is 17.1. The smallest absolute Gasteiger partial charge is 0.145 e. The molecule has 4 rings (SSSR count). The van der Waals surface area contributed by atoms with Gasteiger partial charge in [0.1, 0.15) is 11.3 Å². The van der Waals surface area contributed by atoms with Crippen LogP contribution in [0.2, 0.25) is 0 Å². The van der Waals surface area contributed by atoms with Crippen molar-refractivity contribution in [2.75, 3.05) is 31.6 Å². The van der Waals surface area contributed by atoms with Crippen LogP contribution >= 0.6 is 0 Å². The van der Waals surface area contributed by atoms with Gasteiger partial charge in [-0.3, -0.25) is 4.98 Å². The van der Waals surface area contributed by atoms with E-state index in [2.05, 4.69) is 57.7 Å². The number of anilines is 1. The summed E-state index contributed by atoms with van der Waals surface area (Å²) in [4.78, 5) is 6.99. The lowest BCUT2D eigenvalue weighted by Gasteiger charge is -2.36. The number of hydrogen-bond acceptors (Lipinski definition) is 4. The second-order valence-corrected chi connectivity index (χ2v) is 6.47. The Morgan fingerprint density at radius 2 is 2.00 bits per heavy atom. The molecule has 128 valence electrons. The van der Waals surface area contributed by atoms with Crippen LogP contribution in [0.4, 0.5) is 5.69 Å². The first-order chi connectivity index (χ1) is 12.3. The Morgan fingerprint density at radius 1 is 1.12 bits per heavy atom. The minimum atomic E-state index is 0.449. The molecule has 1 unspecified atom stereocenters. The molecular formula is C21H23N3O. The average Bonchev–Trinajstić information content (AvgIpc) is 2.68. The topological polar surface area (TPSA) is 37.4 Å². The molecule has 0 radical (unpaired) electrons. The molecule has 1 saturated heterocycles. The van der Waals surface area contributed by atoms with Crippen molar-refractivity contribution in [3.8, 4) is 5.75 Å². The molecule has 1 atom stereocenters. The second kappa shape index (κ2) is 7.11. The monoisotopic (exact) mass is 333 g/mol. The van der Waals surface area contributed by atoms with Gasteiger partial charge >= 0.3 is 0 Å². The van der Waals surface area contributed by atoms with Crippen molar-refractivity contribution in [3.05, 3.63) is 66.4 Å². The molecule has 1 aliphatic rings. The first kappa shape index (κ1) is 15.9. The molecule has 1 fully saturated rings. The van der Waals surface area contributed by atoms with Crippen molar-refractivity contribution < 1.29 is 4.74 Å². The molecule has 3 aromatic rings. The molecule has 0 amide bonds. The summed E-state index contributed by atoms with van der Waals surface area (Å²) in [6.07, 6.45) is 2.87. The standard InChI is InChI=1S/C21H23N3O/c1-25-20-10-9-19(18-8-5-11-23-21(18)20)24-13-12-22-17(15-24)14-16-6-3-2-4-7-16/h2-11,17,22H,12-15H2,1H3. The van der Waals surface area contributed by atoms with Gasteiger partial charge in [-0.25, -0.2) is 0 Å². The fourth-order valence-electron chi connectivity index (χ4n) is 3.65. The Morgan fingerprint density at radius 3 is 2.84 bits per heavy atom. The number of methoxy groups -OCH3 is 1. The molecule has 0 spiro atoms. The summed E-state index contributed by atoms with van der Waals surface area (Å²) < 4.78 is 5.48. The van der Waals surface area contributed by atoms with Crippen LogP contribution in [0.1, 0.15) is 5.56 Å². The van der Waals surface area contributed by atoms with Gasteiger partial charge in [0.25, 0.3) is 0 Å². The number of ether oxygens (including phenoxy) is 1. The third kappa shape index (κ3) is 3.30. The van der Waals surface area contributed by atoms with Gasteiger partial charge < -0.3 is 15.0 Å². The fourth-order valence-corrected chi connectivity index (χ4v) is 3.65. The molecular weight excluding hydrogens is 310 g/mol. The number of fused-ring (bicyclic) bond motifs is 1. The molecule has 4 nitrogen and oxygen atoms in total. The summed E-state index contributed by atoms with van der Waals surface area (Å²) in [7, 11) is 1.70. The first-order valence-electron chi connectivity index (χ1n) is 8.79. The van der Waals surface area contributed by atoms with Crippen molar-refractivity contribution in [3.63, 3.8) is 0 Å². The highest BCUT2D eigenvalue weighted by Gasteiger charge is 2.22. The van der Waals surface area contributed by atoms with E-state index in [0.717, 1.165) is 42.7 Å². The van der Waals surface area contributed by atoms with E-state index in [-0.39, 0.29) is 0 Å². The third-order valence-corrected chi connectivity index (χ3v) is 4.85. The number of nitrogens with zero attached hydrogens (tertiary/aromatic N) is 2. The number of aromatic nitrogens is 1. The summed E-state index contributed by atoms with van der Waals surface area (Å²) in [6, 6.07) is 19.5. The Labute approximate surface area is 148 Å². The zero-order valence-corrected chi connectivity index (χ0v) is 14.5. The van der Waals surface area contributed by atoms with E-state index in [0.29, 0.717) is 6.04 Å². The first-order valence-corrected chi connectivity index (χ1v) is 8.79. The van der Waals surface area contributed by atoms with E-state index >= 15 is 0 Å². The van der Waals surface area contributed by atoms with Gasteiger partial charge in [0, 0.05) is 42.9 Å². The summed E-state index contributed by atoms with van der Waals surface area (Å²) in [5.41, 5.74) is 3.55. The summed E-state index contributed by atoms with van der Waals surface area (Å²) in [5.74, 6) is 0.829. The molecule has 1 N–H and O–H groups in total. The largest absolute Gasteiger partial charge is 0.494 e. The molecule has 2 heterocycles. The maximum atomic E-state index is 5.48. The molecule has 0 saturated carbocycles. The van der Waals surface area contributed by atoms with Crippen LogP contribution in [0.25, 0.3) is 10.9 Å². The van der Waals surface area contributed by atoms with Crippen molar-refractivity contribution >= 4 is 16.6 Å². The van der Waals surface area contributed by atoms with Crippen molar-refractivity contribution in [2.24, 2.45) is 0 Å². The molecule has 0 aliphatic carbocycles. The Hall–Kier alpha value is -2.59. The van der Waals surface area contributed by atoms with Crippen LogP contribution in [0.3, 0.4) is 0 Å². The van der Waals surface area contributed by atoms with Crippen LogP contribution in [-0.4, -0.2) is 37.8 Å². The zero-order valence-electron chi connectivity index (χ0n) is 14.5. The van der Waals surface area contributed by atoms with Gasteiger partial charge in [-0.05, 0) is 36.2 Å². The molecule has 0 bridgehead atoms. The minimum Gasteiger partial charge on any atom is -0.494 e. The number of rotatable bonds is 4. The minimum absolute atomic E-state index is 0.449. The molecule has 2 aromatic carbocycles. The highest BCUT2D eigenvalue weighted by atomic mass is 16.5. The lowest BCUT2D eigenvalue weighted by Crippen LogP contribution is -2.51. The summed E-state index contributed by atoms with van der Waals surface area (Å²) in [5, 5.41) is 4.81. The van der Waals surface area contributed by atoms with Crippen LogP contribution in [0.5, 0.6) is 5.75 Å². The SMILES string of the molecule is COc1ccc(N2CCNC(Cc3ccccc3)C2)c2cccnc12. The fraction of sp³-hybridized carbons (Fsp3) is 0.286. The van der Waals surface area contributed by atoms with Crippen molar-refractivity contribution in [1.29, 1.82) is 0 Å². The highest BCUT2D eigenvalue weighted by Crippen LogP contribution is 2.32. The van der Waals surface area contributed by atoms with E-state index < -0.39 is 0 Å². The van der Waals surface area contributed by atoms with Crippen LogP contribution in [0.15, 0.2) is 60.8 Å². The molecule has 25 heavy (non-hydrogen) atoms. The van der Waals surface area contributed by atoms with E-state index in [1.807, 2.05) is 18.3 Å². The van der Waals surface area contributed by atoms with E-state index in [1.165, 1.54) is 11.3 Å². The molecule has 1 aromatic heterocycles. The van der Waals surface area contributed by atoms with Crippen LogP contribution in [-0.2, 0) is 6.42 Å². The van der Waals surface area contributed by atoms with E-state index in [1.54, 1.807) is 7.11 Å². The number of hydrogen-bond donors (Lipinski definition) is 1. The average molecular weight is 333 g/mol. The van der Waals surface area contributed by atoms with Crippen molar-refractivity contribution in [2.45, 2.75) is 12.5 Å². The number of nitrogens with one attached hydrogen (secondary N) is 1. The predicted molar refractivity (Wildman–Crippen MR) is 102 cm³/mol. The van der Waals surface area contributed by atoms with Crippen LogP contribution < -0.4 is 15.0 Å². The Kier molecular flexibility index (Phi) is 4.53. The van der Waals surface area contributed by atoms with Crippen molar-refractivity contribution in [1.82, 2.24) is 10.3 Å². The molecule has 4 heteroatoms. The van der Waals surface area contributed by atoms with E-state index in [9.17, 15) is 0 Å². The van der Waals surface area contributed by atoms with Crippen LogP contribution in [0, 0.1) is 0 Å². The normalized spacial score (nSPS) is 17.6. The lowest BCUT2D eigenvalue weighted by atomic mass is 10.0. The predicted octanol–water partition coefficient (Wildman–Crippen LogP) is 3.26. The Balaban J connectivity index is 1.60. The lowest BCUT2D eigenvalue weighted by molar-refractivity contribution is 0.418. The van der Waals surface area contributed by atoms with E-state index in [4.69, 9.17) is 4.74 Å². The van der Waals surface area contributed by atoms with Gasteiger partial charge in [-0.1, -0.05) is 30.3 Å². The quantitative estimate of drug-likeness (QED) is 0.795. The highest BCUT2D eigenvalue weighted by molar-refractivity contribution is 5.95. The second-order valence-electron chi connectivity index (χ2n) is 6.47. The van der Waals surface area contributed by atoms with Gasteiger partial charge in [0.05, 0.1) is 7.11 Å². The molecule has 1 aliphatic heterocycles. The maximum Gasteiger partial charge on any atom is 0.145 e. The third-order valence-electron chi connectivity index (χ3n) is 4.85. The van der Waals surface area contributed by atoms with Gasteiger partial charge in [-0.15, -0.1) is 0 Å². The van der Waals surface area contributed by atoms with Gasteiger partial charge in [0.15, 0.2) is 0 Å². The summed E-state index contributed by atoms with van der Waals surface area (Å²) in [6.45, 7) is 2.98. The summed E-state index contributed by atoms with van der Waals surface area (Å²) >= 11 is 0. The number of benzene rings is 2. The maximum absolute atomic E-state index is 5.48. The van der Waals surface area contributed by atoms with Gasteiger partial charge in [-0.2, -0.15) is 0 Å². The number of pyridine rings is 1.